The van der Waals surface area contributed by atoms with Crippen molar-refractivity contribution in [1.82, 2.24) is 0 Å². The van der Waals surface area contributed by atoms with Gasteiger partial charge in [-0.1, -0.05) is 39.7 Å². The van der Waals surface area contributed by atoms with Crippen LogP contribution in [0.15, 0.2) is 18.2 Å². The van der Waals surface area contributed by atoms with Crippen LogP contribution in [-0.2, 0) is 11.5 Å². The molecule has 0 aliphatic carbocycles. The maximum absolute atomic E-state index is 12.4. The minimum atomic E-state index is -4.39. The van der Waals surface area contributed by atoms with Gasteiger partial charge in [0.1, 0.15) is 0 Å². The molecule has 0 amide bonds. The van der Waals surface area contributed by atoms with E-state index in [0.717, 1.165) is 0 Å². The molecule has 1 rings (SSSR count). The molecule has 0 spiro atoms. The smallest absolute Gasteiger partial charge is 0.166 e. The van der Waals surface area contributed by atoms with Gasteiger partial charge in [0.15, 0.2) is 0 Å². The highest BCUT2D eigenvalue weighted by Gasteiger charge is 2.35. The molecule has 0 saturated heterocycles. The van der Waals surface area contributed by atoms with Crippen molar-refractivity contribution in [3.63, 3.8) is 0 Å². The van der Waals surface area contributed by atoms with Crippen LogP contribution < -0.4 is 0 Å². The maximum Gasteiger partial charge on any atom is 0.418 e. The average molecular weight is 273 g/mol. The summed E-state index contributed by atoms with van der Waals surface area (Å²) in [5.41, 5.74) is -0.603. The van der Waals surface area contributed by atoms with Gasteiger partial charge in [-0.2, -0.15) is 13.2 Å². The fourth-order valence-corrected chi connectivity index (χ4v) is 1.77. The quantitative estimate of drug-likeness (QED) is 0.671. The summed E-state index contributed by atoms with van der Waals surface area (Å²) in [6, 6.07) is 4.12. The minimum absolute atomic E-state index is 0.141. The number of alkyl halides is 4. The molecule has 0 nitrogen and oxygen atoms in total. The van der Waals surface area contributed by atoms with Gasteiger partial charge in [0.25, 0.3) is 0 Å². The summed E-state index contributed by atoms with van der Waals surface area (Å²) in [6.07, 6.45) is -4.39. The van der Waals surface area contributed by atoms with Crippen LogP contribution in [0.1, 0.15) is 11.1 Å². The molecule has 0 fully saturated rings. The molecule has 0 radical (unpaired) electrons. The van der Waals surface area contributed by atoms with E-state index in [4.69, 9.17) is 11.6 Å². The van der Waals surface area contributed by atoms with Crippen molar-refractivity contribution in [2.75, 3.05) is 0 Å². The van der Waals surface area contributed by atoms with E-state index in [1.54, 1.807) is 0 Å². The summed E-state index contributed by atoms with van der Waals surface area (Å²) >= 11 is 8.43. The van der Waals surface area contributed by atoms with Crippen molar-refractivity contribution in [3.05, 3.63) is 34.3 Å². The second kappa shape index (κ2) is 3.88. The molecule has 0 bridgehead atoms. The predicted octanol–water partition coefficient (Wildman–Crippen LogP) is 4.25. The van der Waals surface area contributed by atoms with Gasteiger partial charge in [0.2, 0.25) is 0 Å². The van der Waals surface area contributed by atoms with Gasteiger partial charge < -0.3 is 0 Å². The summed E-state index contributed by atoms with van der Waals surface area (Å²) in [7, 11) is 0. The van der Waals surface area contributed by atoms with Crippen molar-refractivity contribution < 1.29 is 13.2 Å². The molecule has 0 atom stereocenters. The van der Waals surface area contributed by atoms with Gasteiger partial charge >= 0.3 is 6.18 Å². The Morgan fingerprint density at radius 2 is 1.92 bits per heavy atom. The van der Waals surface area contributed by atoms with Crippen LogP contribution in [0, 0.1) is 0 Å². The fourth-order valence-electron chi connectivity index (χ4n) is 0.998. The van der Waals surface area contributed by atoms with Crippen molar-refractivity contribution in [2.45, 2.75) is 11.5 Å². The van der Waals surface area contributed by atoms with E-state index in [1.165, 1.54) is 18.2 Å². The zero-order chi connectivity index (χ0) is 10.1. The SMILES string of the molecule is FC(F)(F)c1c(Cl)cccc1CBr. The Labute approximate surface area is 86.8 Å². The van der Waals surface area contributed by atoms with E-state index >= 15 is 0 Å². The van der Waals surface area contributed by atoms with E-state index in [0.29, 0.717) is 0 Å². The predicted molar refractivity (Wildman–Crippen MR) is 49.1 cm³/mol. The van der Waals surface area contributed by atoms with Crippen molar-refractivity contribution >= 4 is 27.5 Å². The molecule has 0 heterocycles. The average Bonchev–Trinajstić information content (AvgIpc) is 2.01. The molecule has 1 aromatic carbocycles. The van der Waals surface area contributed by atoms with Crippen molar-refractivity contribution in [3.8, 4) is 0 Å². The third-order valence-electron chi connectivity index (χ3n) is 1.53. The minimum Gasteiger partial charge on any atom is -0.166 e. The van der Waals surface area contributed by atoms with Crippen LogP contribution in [0.5, 0.6) is 0 Å². The number of halogens is 5. The Hall–Kier alpha value is -0.220. The Kier molecular flexibility index (Phi) is 3.24. The number of hydrogen-bond acceptors (Lipinski definition) is 0. The zero-order valence-corrected chi connectivity index (χ0v) is 8.67. The highest BCUT2D eigenvalue weighted by atomic mass is 79.9. The van der Waals surface area contributed by atoms with Crippen LogP contribution >= 0.6 is 27.5 Å². The monoisotopic (exact) mass is 272 g/mol. The Bertz CT molecular complexity index is 309. The lowest BCUT2D eigenvalue weighted by molar-refractivity contribution is -0.137. The second-order valence-electron chi connectivity index (χ2n) is 2.41. The largest absolute Gasteiger partial charge is 0.418 e. The normalized spacial score (nSPS) is 11.8. The first kappa shape index (κ1) is 10.9. The number of benzene rings is 1. The topological polar surface area (TPSA) is 0 Å². The molecule has 5 heteroatoms. The molecule has 0 N–H and O–H groups in total. The van der Waals surface area contributed by atoms with Crippen LogP contribution in [0.3, 0.4) is 0 Å². The summed E-state index contributed by atoms with van der Waals surface area (Å²) in [6.45, 7) is 0. The summed E-state index contributed by atoms with van der Waals surface area (Å²) in [5, 5.41) is -0.118. The van der Waals surface area contributed by atoms with Crippen LogP contribution in [0.4, 0.5) is 13.2 Å². The number of hydrogen-bond donors (Lipinski definition) is 0. The lowest BCUT2D eigenvalue weighted by Gasteiger charge is -2.12. The van der Waals surface area contributed by atoms with Crippen molar-refractivity contribution in [2.24, 2.45) is 0 Å². The molecular weight excluding hydrogens is 268 g/mol. The molecule has 0 unspecified atom stereocenters. The highest BCUT2D eigenvalue weighted by Crippen LogP contribution is 2.37. The van der Waals surface area contributed by atoms with E-state index in [2.05, 4.69) is 15.9 Å². The lowest BCUT2D eigenvalue weighted by atomic mass is 10.1. The number of rotatable bonds is 1. The van der Waals surface area contributed by atoms with Gasteiger partial charge in [-0.15, -0.1) is 0 Å². The van der Waals surface area contributed by atoms with Gasteiger partial charge in [-0.05, 0) is 11.6 Å². The maximum atomic E-state index is 12.4. The first-order valence-corrected chi connectivity index (χ1v) is 4.87. The molecule has 13 heavy (non-hydrogen) atoms. The molecule has 0 aliphatic rings. The Morgan fingerprint density at radius 1 is 1.31 bits per heavy atom. The van der Waals surface area contributed by atoms with Crippen molar-refractivity contribution in [1.29, 1.82) is 0 Å². The van der Waals surface area contributed by atoms with Gasteiger partial charge in [0.05, 0.1) is 10.6 Å². The molecule has 0 saturated carbocycles. The summed E-state index contributed by atoms with van der Waals surface area (Å²) in [4.78, 5) is 0. The highest BCUT2D eigenvalue weighted by molar-refractivity contribution is 9.08. The van der Waals surface area contributed by atoms with E-state index in [9.17, 15) is 13.2 Å². The van der Waals surface area contributed by atoms with E-state index in [-0.39, 0.29) is 15.9 Å². The summed E-state index contributed by atoms with van der Waals surface area (Å²) in [5.74, 6) is 0. The van der Waals surface area contributed by atoms with Gasteiger partial charge in [-0.3, -0.25) is 0 Å². The first-order chi connectivity index (χ1) is 5.96. The second-order valence-corrected chi connectivity index (χ2v) is 3.37. The zero-order valence-electron chi connectivity index (χ0n) is 6.33. The van der Waals surface area contributed by atoms with Crippen LogP contribution in [-0.4, -0.2) is 0 Å². The van der Waals surface area contributed by atoms with E-state index in [1.807, 2.05) is 0 Å². The third kappa shape index (κ3) is 2.38. The van der Waals surface area contributed by atoms with Gasteiger partial charge in [0, 0.05) is 5.33 Å². The summed E-state index contributed by atoms with van der Waals surface area (Å²) < 4.78 is 37.2. The Balaban J connectivity index is 3.32. The van der Waals surface area contributed by atoms with Crippen LogP contribution in [0.25, 0.3) is 0 Å². The molecule has 1 aromatic rings. The van der Waals surface area contributed by atoms with E-state index < -0.39 is 11.7 Å². The molecule has 0 aromatic heterocycles. The third-order valence-corrected chi connectivity index (χ3v) is 2.45. The van der Waals surface area contributed by atoms with Gasteiger partial charge in [-0.25, -0.2) is 0 Å². The molecule has 0 aliphatic heterocycles. The lowest BCUT2D eigenvalue weighted by Crippen LogP contribution is -2.09. The molecule has 72 valence electrons. The molecular formula is C8H5BrClF3. The standard InChI is InChI=1S/C8H5BrClF3/c9-4-5-2-1-3-6(10)7(5)8(11,12)13/h1-3H,4H2. The van der Waals surface area contributed by atoms with Crippen LogP contribution in [0.2, 0.25) is 5.02 Å². The first-order valence-electron chi connectivity index (χ1n) is 3.37. The fraction of sp³-hybridized carbons (Fsp3) is 0.250. The Morgan fingerprint density at radius 3 is 2.31 bits per heavy atom.